The predicted molar refractivity (Wildman–Crippen MR) is 49.8 cm³/mol. The van der Waals surface area contributed by atoms with Crippen LogP contribution in [-0.4, -0.2) is 23.4 Å². The summed E-state index contributed by atoms with van der Waals surface area (Å²) in [6.45, 7) is 1.59. The Labute approximate surface area is 78.8 Å². The van der Waals surface area contributed by atoms with Gasteiger partial charge in [-0.05, 0) is 29.5 Å². The molecule has 0 aliphatic carbocycles. The molecule has 0 bridgehead atoms. The van der Waals surface area contributed by atoms with E-state index in [2.05, 4.69) is 5.10 Å². The summed E-state index contributed by atoms with van der Waals surface area (Å²) < 4.78 is 24.0. The minimum atomic E-state index is -3.18. The van der Waals surface area contributed by atoms with Crippen LogP contribution in [0.3, 0.4) is 0 Å². The molecule has 0 saturated heterocycles. The van der Waals surface area contributed by atoms with Crippen LogP contribution in [0.1, 0.15) is 6.92 Å². The van der Waals surface area contributed by atoms with E-state index >= 15 is 0 Å². The molecule has 0 atom stereocenters. The highest BCUT2D eigenvalue weighted by molar-refractivity contribution is 14.1. The lowest BCUT2D eigenvalue weighted by Gasteiger charge is -1.97. The van der Waals surface area contributed by atoms with Gasteiger partial charge in [0.05, 0.1) is 21.7 Å². The fourth-order valence-electron chi connectivity index (χ4n) is 0.569. The molecule has 1 rings (SSSR count). The molecule has 0 fully saturated rings. The van der Waals surface area contributed by atoms with E-state index in [-0.39, 0.29) is 5.75 Å². The van der Waals surface area contributed by atoms with E-state index in [1.807, 2.05) is 22.6 Å². The molecule has 0 N–H and O–H groups in total. The highest BCUT2D eigenvalue weighted by Crippen LogP contribution is 2.03. The molecular formula is C5H7IN2O2S. The first-order chi connectivity index (χ1) is 5.06. The number of aromatic nitrogens is 2. The van der Waals surface area contributed by atoms with Crippen molar-refractivity contribution < 1.29 is 8.42 Å². The van der Waals surface area contributed by atoms with E-state index in [0.29, 0.717) is 0 Å². The molecule has 0 saturated carbocycles. The third-order valence-corrected chi connectivity index (χ3v) is 3.23. The molecule has 0 aliphatic heterocycles. The van der Waals surface area contributed by atoms with Crippen LogP contribution < -0.4 is 0 Å². The molecule has 1 heterocycles. The predicted octanol–water partition coefficient (Wildman–Crippen LogP) is 0.686. The van der Waals surface area contributed by atoms with Gasteiger partial charge in [-0.25, -0.2) is 8.42 Å². The van der Waals surface area contributed by atoms with Crippen molar-refractivity contribution in [1.29, 1.82) is 0 Å². The van der Waals surface area contributed by atoms with E-state index in [1.165, 1.54) is 12.4 Å². The highest BCUT2D eigenvalue weighted by Gasteiger charge is 2.09. The smallest absolute Gasteiger partial charge is 0.205 e. The lowest BCUT2D eigenvalue weighted by Crippen LogP contribution is -2.14. The Kier molecular flexibility index (Phi) is 2.53. The van der Waals surface area contributed by atoms with Gasteiger partial charge in [-0.3, -0.25) is 0 Å². The second-order valence-corrected chi connectivity index (χ2v) is 5.29. The van der Waals surface area contributed by atoms with Crippen molar-refractivity contribution in [2.45, 2.75) is 6.92 Å². The Bertz CT molecular complexity index is 343. The average molecular weight is 286 g/mol. The van der Waals surface area contributed by atoms with Crippen LogP contribution in [0.4, 0.5) is 0 Å². The number of hydrogen-bond donors (Lipinski definition) is 0. The minimum absolute atomic E-state index is 0.0742. The van der Waals surface area contributed by atoms with Gasteiger partial charge in [0.2, 0.25) is 0 Å². The van der Waals surface area contributed by atoms with Crippen molar-refractivity contribution in [2.24, 2.45) is 0 Å². The summed E-state index contributed by atoms with van der Waals surface area (Å²) in [4.78, 5) is 0. The fraction of sp³-hybridized carbons (Fsp3) is 0.400. The standard InChI is InChI=1S/C5H7IN2O2S/c1-2-11(9,10)8-4-5(6)3-7-8/h3-4H,2H2,1H3. The molecular weight excluding hydrogens is 279 g/mol. The molecule has 0 unspecified atom stereocenters. The second kappa shape index (κ2) is 3.10. The Balaban J connectivity index is 3.13. The Morgan fingerprint density at radius 2 is 2.36 bits per heavy atom. The van der Waals surface area contributed by atoms with Crippen molar-refractivity contribution in [1.82, 2.24) is 9.19 Å². The number of hydrogen-bond acceptors (Lipinski definition) is 3. The van der Waals surface area contributed by atoms with Gasteiger partial charge in [-0.1, -0.05) is 0 Å². The third-order valence-electron chi connectivity index (χ3n) is 1.18. The van der Waals surface area contributed by atoms with Gasteiger partial charge in [0, 0.05) is 0 Å². The Morgan fingerprint density at radius 1 is 1.73 bits per heavy atom. The van der Waals surface area contributed by atoms with Gasteiger partial charge < -0.3 is 0 Å². The monoisotopic (exact) mass is 286 g/mol. The van der Waals surface area contributed by atoms with Crippen LogP contribution in [-0.2, 0) is 10.0 Å². The van der Waals surface area contributed by atoms with Crippen molar-refractivity contribution in [2.75, 3.05) is 5.75 Å². The zero-order valence-corrected chi connectivity index (χ0v) is 8.83. The molecule has 62 valence electrons. The van der Waals surface area contributed by atoms with Crippen LogP contribution in [0.25, 0.3) is 0 Å². The molecule has 0 spiro atoms. The number of nitrogens with zero attached hydrogens (tertiary/aromatic N) is 2. The number of halogens is 1. The molecule has 0 radical (unpaired) electrons. The summed E-state index contributed by atoms with van der Waals surface area (Å²) in [6, 6.07) is 0. The Morgan fingerprint density at radius 3 is 2.73 bits per heavy atom. The SMILES string of the molecule is CCS(=O)(=O)n1cc(I)cn1. The van der Waals surface area contributed by atoms with E-state index in [4.69, 9.17) is 0 Å². The topological polar surface area (TPSA) is 52.0 Å². The zero-order chi connectivity index (χ0) is 8.48. The first kappa shape index (κ1) is 8.98. The van der Waals surface area contributed by atoms with E-state index < -0.39 is 10.0 Å². The van der Waals surface area contributed by atoms with Crippen molar-refractivity contribution >= 4 is 32.6 Å². The van der Waals surface area contributed by atoms with Crippen LogP contribution >= 0.6 is 22.6 Å². The molecule has 0 aliphatic rings. The van der Waals surface area contributed by atoms with Crippen molar-refractivity contribution in [3.05, 3.63) is 16.0 Å². The molecule has 1 aromatic heterocycles. The molecule has 6 heteroatoms. The maximum absolute atomic E-state index is 11.1. The minimum Gasteiger partial charge on any atom is -0.205 e. The third kappa shape index (κ3) is 1.92. The van der Waals surface area contributed by atoms with Gasteiger partial charge in [-0.2, -0.15) is 9.19 Å². The van der Waals surface area contributed by atoms with Gasteiger partial charge in [0.1, 0.15) is 0 Å². The van der Waals surface area contributed by atoms with Crippen LogP contribution in [0.5, 0.6) is 0 Å². The van der Waals surface area contributed by atoms with Crippen LogP contribution in [0, 0.1) is 3.57 Å². The average Bonchev–Trinajstić information content (AvgIpc) is 2.36. The highest BCUT2D eigenvalue weighted by atomic mass is 127. The van der Waals surface area contributed by atoms with Gasteiger partial charge in [0.25, 0.3) is 10.0 Å². The lowest BCUT2D eigenvalue weighted by molar-refractivity contribution is 0.581. The lowest BCUT2D eigenvalue weighted by atomic mass is 10.8. The summed E-state index contributed by atoms with van der Waals surface area (Å²) in [5.41, 5.74) is 0. The molecule has 1 aromatic rings. The summed E-state index contributed by atoms with van der Waals surface area (Å²) in [5, 5.41) is 3.68. The van der Waals surface area contributed by atoms with E-state index in [1.54, 1.807) is 6.92 Å². The van der Waals surface area contributed by atoms with E-state index in [0.717, 1.165) is 7.66 Å². The first-order valence-corrected chi connectivity index (χ1v) is 5.68. The summed E-state index contributed by atoms with van der Waals surface area (Å²) in [6.07, 6.45) is 2.99. The van der Waals surface area contributed by atoms with Crippen molar-refractivity contribution in [3.63, 3.8) is 0 Å². The quantitative estimate of drug-likeness (QED) is 0.751. The Hall–Kier alpha value is -0.110. The van der Waals surface area contributed by atoms with Crippen LogP contribution in [0.2, 0.25) is 0 Å². The second-order valence-electron chi connectivity index (χ2n) is 1.93. The fourth-order valence-corrected chi connectivity index (χ4v) is 1.88. The largest absolute Gasteiger partial charge is 0.253 e. The van der Waals surface area contributed by atoms with Crippen molar-refractivity contribution in [3.8, 4) is 0 Å². The van der Waals surface area contributed by atoms with Crippen LogP contribution in [0.15, 0.2) is 12.4 Å². The zero-order valence-electron chi connectivity index (χ0n) is 5.86. The maximum Gasteiger partial charge on any atom is 0.253 e. The normalized spacial score (nSPS) is 11.8. The molecule has 0 aromatic carbocycles. The summed E-state index contributed by atoms with van der Waals surface area (Å²) in [7, 11) is -3.18. The first-order valence-electron chi connectivity index (χ1n) is 2.99. The summed E-state index contributed by atoms with van der Waals surface area (Å²) in [5.74, 6) is 0.0742. The van der Waals surface area contributed by atoms with Gasteiger partial charge >= 0.3 is 0 Å². The van der Waals surface area contributed by atoms with Gasteiger partial charge in [0.15, 0.2) is 0 Å². The molecule has 0 amide bonds. The summed E-state index contributed by atoms with van der Waals surface area (Å²) >= 11 is 2.01. The molecule has 4 nitrogen and oxygen atoms in total. The van der Waals surface area contributed by atoms with Gasteiger partial charge in [-0.15, -0.1) is 0 Å². The number of rotatable bonds is 2. The van der Waals surface area contributed by atoms with E-state index in [9.17, 15) is 8.42 Å². The molecule has 11 heavy (non-hydrogen) atoms. The maximum atomic E-state index is 11.1.